The Hall–Kier alpha value is -1.65. The van der Waals surface area contributed by atoms with Crippen LogP contribution in [0.5, 0.6) is 0 Å². The van der Waals surface area contributed by atoms with E-state index in [9.17, 15) is 0 Å². The zero-order chi connectivity index (χ0) is 14.4. The zero-order valence-electron chi connectivity index (χ0n) is 12.1. The van der Waals surface area contributed by atoms with Crippen molar-refractivity contribution in [2.24, 2.45) is 0 Å². The lowest BCUT2D eigenvalue weighted by Crippen LogP contribution is -2.42. The lowest BCUT2D eigenvalue weighted by atomic mass is 9.95. The third kappa shape index (κ3) is 3.68. The van der Waals surface area contributed by atoms with Gasteiger partial charge < -0.3 is 14.8 Å². The van der Waals surface area contributed by atoms with Gasteiger partial charge in [-0.15, -0.1) is 0 Å². The van der Waals surface area contributed by atoms with E-state index in [-0.39, 0.29) is 12.1 Å². The maximum atomic E-state index is 9.11. The van der Waals surface area contributed by atoms with Crippen LogP contribution >= 0.6 is 0 Å². The van der Waals surface area contributed by atoms with E-state index in [0.29, 0.717) is 12.4 Å². The standard InChI is InChI=1S/C16H22N2O2/c1-3-16(2,9-10-19)17-11-14-12-20-15(18-14)13-7-5-4-6-8-13/h4-8,12,17,19H,3,9-11H2,1-2H3. The van der Waals surface area contributed by atoms with Crippen molar-refractivity contribution in [2.75, 3.05) is 6.61 Å². The van der Waals surface area contributed by atoms with Crippen LogP contribution in [-0.2, 0) is 6.54 Å². The van der Waals surface area contributed by atoms with Crippen molar-refractivity contribution in [3.63, 3.8) is 0 Å². The molecular weight excluding hydrogens is 252 g/mol. The van der Waals surface area contributed by atoms with Gasteiger partial charge in [-0.3, -0.25) is 0 Å². The highest BCUT2D eigenvalue weighted by molar-refractivity contribution is 5.52. The van der Waals surface area contributed by atoms with Crippen LogP contribution < -0.4 is 5.32 Å². The monoisotopic (exact) mass is 274 g/mol. The Morgan fingerprint density at radius 3 is 2.70 bits per heavy atom. The van der Waals surface area contributed by atoms with Gasteiger partial charge in [0, 0.05) is 24.3 Å². The van der Waals surface area contributed by atoms with Crippen LogP contribution in [0, 0.1) is 0 Å². The summed E-state index contributed by atoms with van der Waals surface area (Å²) >= 11 is 0. The summed E-state index contributed by atoms with van der Waals surface area (Å²) in [6.07, 6.45) is 3.37. The first-order valence-corrected chi connectivity index (χ1v) is 7.02. The predicted octanol–water partition coefficient (Wildman–Crippen LogP) is 2.98. The van der Waals surface area contributed by atoms with Crippen molar-refractivity contribution in [3.8, 4) is 11.5 Å². The van der Waals surface area contributed by atoms with E-state index in [1.165, 1.54) is 0 Å². The molecule has 1 unspecified atom stereocenters. The van der Waals surface area contributed by atoms with Crippen LogP contribution in [0.4, 0.5) is 0 Å². The second-order valence-corrected chi connectivity index (χ2v) is 5.25. The van der Waals surface area contributed by atoms with Gasteiger partial charge in [0.05, 0.1) is 5.69 Å². The maximum Gasteiger partial charge on any atom is 0.226 e. The lowest BCUT2D eigenvalue weighted by Gasteiger charge is -2.28. The largest absolute Gasteiger partial charge is 0.444 e. The fourth-order valence-electron chi connectivity index (χ4n) is 2.04. The van der Waals surface area contributed by atoms with Crippen LogP contribution in [0.1, 0.15) is 32.4 Å². The second-order valence-electron chi connectivity index (χ2n) is 5.25. The van der Waals surface area contributed by atoms with Gasteiger partial charge in [0.25, 0.3) is 0 Å². The number of oxazole rings is 1. The first-order chi connectivity index (χ1) is 9.67. The highest BCUT2D eigenvalue weighted by Crippen LogP contribution is 2.19. The van der Waals surface area contributed by atoms with Gasteiger partial charge >= 0.3 is 0 Å². The molecule has 0 fully saturated rings. The minimum absolute atomic E-state index is 0.0688. The van der Waals surface area contributed by atoms with Gasteiger partial charge in [-0.25, -0.2) is 4.98 Å². The van der Waals surface area contributed by atoms with Crippen molar-refractivity contribution in [1.29, 1.82) is 0 Å². The Morgan fingerprint density at radius 1 is 1.30 bits per heavy atom. The molecule has 2 aromatic rings. The summed E-state index contributed by atoms with van der Waals surface area (Å²) in [5, 5.41) is 12.6. The molecule has 1 aromatic heterocycles. The molecule has 0 aliphatic heterocycles. The third-order valence-corrected chi connectivity index (χ3v) is 3.71. The van der Waals surface area contributed by atoms with Crippen LogP contribution in [0.25, 0.3) is 11.5 Å². The highest BCUT2D eigenvalue weighted by atomic mass is 16.3. The van der Waals surface area contributed by atoms with E-state index in [4.69, 9.17) is 9.52 Å². The van der Waals surface area contributed by atoms with E-state index < -0.39 is 0 Å². The van der Waals surface area contributed by atoms with Gasteiger partial charge in [0.15, 0.2) is 0 Å². The normalized spacial score (nSPS) is 14.2. The van der Waals surface area contributed by atoms with Crippen LogP contribution in [0.15, 0.2) is 41.0 Å². The number of aromatic nitrogens is 1. The second kappa shape index (κ2) is 6.68. The molecule has 108 valence electrons. The van der Waals surface area contributed by atoms with Crippen molar-refractivity contribution < 1.29 is 9.52 Å². The molecule has 4 heteroatoms. The molecule has 4 nitrogen and oxygen atoms in total. The fraction of sp³-hybridized carbons (Fsp3) is 0.438. The van der Waals surface area contributed by atoms with E-state index in [1.54, 1.807) is 6.26 Å². The number of aliphatic hydroxyl groups excluding tert-OH is 1. The van der Waals surface area contributed by atoms with Gasteiger partial charge in [0.2, 0.25) is 5.89 Å². The van der Waals surface area contributed by atoms with Crippen molar-refractivity contribution >= 4 is 0 Å². The molecule has 0 spiro atoms. The number of nitrogens with zero attached hydrogens (tertiary/aromatic N) is 1. The molecule has 0 saturated heterocycles. The molecule has 2 rings (SSSR count). The first-order valence-electron chi connectivity index (χ1n) is 7.02. The average Bonchev–Trinajstić information content (AvgIpc) is 2.95. The Labute approximate surface area is 119 Å². The minimum Gasteiger partial charge on any atom is -0.444 e. The Morgan fingerprint density at radius 2 is 2.05 bits per heavy atom. The third-order valence-electron chi connectivity index (χ3n) is 3.71. The van der Waals surface area contributed by atoms with Crippen LogP contribution in [-0.4, -0.2) is 22.2 Å². The smallest absolute Gasteiger partial charge is 0.226 e. The molecule has 0 aliphatic carbocycles. The molecule has 0 saturated carbocycles. The molecule has 0 radical (unpaired) electrons. The van der Waals surface area contributed by atoms with Crippen molar-refractivity contribution in [1.82, 2.24) is 10.3 Å². The summed E-state index contributed by atoms with van der Waals surface area (Å²) in [7, 11) is 0. The molecule has 0 aliphatic rings. The van der Waals surface area contributed by atoms with E-state index in [0.717, 1.165) is 24.1 Å². The number of aliphatic hydroxyl groups is 1. The highest BCUT2D eigenvalue weighted by Gasteiger charge is 2.21. The molecular formula is C16H22N2O2. The van der Waals surface area contributed by atoms with E-state index >= 15 is 0 Å². The van der Waals surface area contributed by atoms with E-state index in [1.807, 2.05) is 30.3 Å². The number of rotatable bonds is 7. The van der Waals surface area contributed by atoms with Crippen LogP contribution in [0.3, 0.4) is 0 Å². The fourth-order valence-corrected chi connectivity index (χ4v) is 2.04. The quantitative estimate of drug-likeness (QED) is 0.815. The van der Waals surface area contributed by atoms with Gasteiger partial charge in [-0.1, -0.05) is 25.1 Å². The average molecular weight is 274 g/mol. The summed E-state index contributed by atoms with van der Waals surface area (Å²) in [4.78, 5) is 4.49. The summed E-state index contributed by atoms with van der Waals surface area (Å²) in [6.45, 7) is 5.05. The Balaban J connectivity index is 2.00. The Kier molecular flexibility index (Phi) is 4.93. The number of benzene rings is 1. The molecule has 0 bridgehead atoms. The van der Waals surface area contributed by atoms with Crippen molar-refractivity contribution in [2.45, 2.75) is 38.8 Å². The summed E-state index contributed by atoms with van der Waals surface area (Å²) < 4.78 is 5.51. The molecule has 0 amide bonds. The minimum atomic E-state index is -0.0688. The van der Waals surface area contributed by atoms with Gasteiger partial charge in [0.1, 0.15) is 6.26 Å². The van der Waals surface area contributed by atoms with Crippen molar-refractivity contribution in [3.05, 3.63) is 42.3 Å². The summed E-state index contributed by atoms with van der Waals surface area (Å²) in [5.41, 5.74) is 1.79. The summed E-state index contributed by atoms with van der Waals surface area (Å²) in [6, 6.07) is 9.85. The lowest BCUT2D eigenvalue weighted by molar-refractivity contribution is 0.214. The van der Waals surface area contributed by atoms with E-state index in [2.05, 4.69) is 24.1 Å². The topological polar surface area (TPSA) is 58.3 Å². The molecule has 1 atom stereocenters. The molecule has 1 heterocycles. The molecule has 1 aromatic carbocycles. The van der Waals surface area contributed by atoms with Crippen LogP contribution in [0.2, 0.25) is 0 Å². The number of hydrogen-bond acceptors (Lipinski definition) is 4. The summed E-state index contributed by atoms with van der Waals surface area (Å²) in [5.74, 6) is 0.641. The SMILES string of the molecule is CCC(C)(CCO)NCc1coc(-c2ccccc2)n1. The van der Waals surface area contributed by atoms with Gasteiger partial charge in [-0.2, -0.15) is 0 Å². The molecule has 20 heavy (non-hydrogen) atoms. The number of hydrogen-bond donors (Lipinski definition) is 2. The molecule has 2 N–H and O–H groups in total. The predicted molar refractivity (Wildman–Crippen MR) is 79.2 cm³/mol. The maximum absolute atomic E-state index is 9.11. The van der Waals surface area contributed by atoms with Gasteiger partial charge in [-0.05, 0) is 31.9 Å². The number of nitrogens with one attached hydrogen (secondary N) is 1. The Bertz CT molecular complexity index is 524. The zero-order valence-corrected chi connectivity index (χ0v) is 12.1. The first kappa shape index (κ1) is 14.8.